The molecule has 0 fully saturated rings. The van der Waals surface area contributed by atoms with E-state index < -0.39 is 38.3 Å². The SMILES string of the molecule is CC(CNS(=O)(=O)c1ccc(O)c([N+](=O)[O-])c1)CC(=O)O. The highest BCUT2D eigenvalue weighted by Crippen LogP contribution is 2.28. The van der Waals surface area contributed by atoms with Crippen molar-refractivity contribution in [2.75, 3.05) is 6.54 Å². The van der Waals surface area contributed by atoms with Gasteiger partial charge in [0.15, 0.2) is 5.75 Å². The van der Waals surface area contributed by atoms with E-state index in [2.05, 4.69) is 4.72 Å². The zero-order valence-electron chi connectivity index (χ0n) is 11.0. The number of nitro groups is 1. The molecule has 10 heteroatoms. The van der Waals surface area contributed by atoms with Crippen molar-refractivity contribution in [1.29, 1.82) is 0 Å². The number of hydrogen-bond acceptors (Lipinski definition) is 6. The van der Waals surface area contributed by atoms with E-state index in [1.165, 1.54) is 0 Å². The Balaban J connectivity index is 2.91. The maximum Gasteiger partial charge on any atom is 0.312 e. The topological polar surface area (TPSA) is 147 Å². The monoisotopic (exact) mass is 318 g/mol. The van der Waals surface area contributed by atoms with Crippen LogP contribution in [0.3, 0.4) is 0 Å². The van der Waals surface area contributed by atoms with Crippen molar-refractivity contribution in [2.24, 2.45) is 5.92 Å². The van der Waals surface area contributed by atoms with Crippen molar-refractivity contribution in [3.63, 3.8) is 0 Å². The van der Waals surface area contributed by atoms with Gasteiger partial charge in [-0.25, -0.2) is 13.1 Å². The number of sulfonamides is 1. The normalized spacial score (nSPS) is 12.8. The number of carboxylic acids is 1. The van der Waals surface area contributed by atoms with Gasteiger partial charge in [0.05, 0.1) is 9.82 Å². The standard InChI is InChI=1S/C11H14N2O7S/c1-7(4-11(15)16)6-12-21(19,20)8-2-3-10(14)9(5-8)13(17)18/h2-3,5,7,12,14H,4,6H2,1H3,(H,15,16). The van der Waals surface area contributed by atoms with Crippen LogP contribution < -0.4 is 4.72 Å². The average Bonchev–Trinajstić information content (AvgIpc) is 2.35. The van der Waals surface area contributed by atoms with Crippen molar-refractivity contribution in [1.82, 2.24) is 4.72 Å². The first-order valence-corrected chi connectivity index (χ1v) is 7.30. The molecule has 0 aliphatic carbocycles. The highest BCUT2D eigenvalue weighted by molar-refractivity contribution is 7.89. The number of nitrogens with zero attached hydrogens (tertiary/aromatic N) is 1. The second-order valence-electron chi connectivity index (χ2n) is 4.46. The smallest absolute Gasteiger partial charge is 0.312 e. The summed E-state index contributed by atoms with van der Waals surface area (Å²) in [5, 5.41) is 28.5. The van der Waals surface area contributed by atoms with E-state index in [-0.39, 0.29) is 17.9 Å². The molecule has 0 aliphatic rings. The molecule has 1 rings (SSSR count). The van der Waals surface area contributed by atoms with Crippen molar-refractivity contribution < 1.29 is 28.3 Å². The predicted molar refractivity (Wildman–Crippen MR) is 71.4 cm³/mol. The lowest BCUT2D eigenvalue weighted by Gasteiger charge is -2.11. The third-order valence-corrected chi connectivity index (χ3v) is 4.02. The predicted octanol–water partition coefficient (Wildman–Crippen LogP) is 0.689. The summed E-state index contributed by atoms with van der Waals surface area (Å²) in [7, 11) is -4.02. The molecular formula is C11H14N2O7S. The number of rotatable bonds is 7. The number of phenols is 1. The molecule has 0 aromatic heterocycles. The average molecular weight is 318 g/mol. The Morgan fingerprint density at radius 3 is 2.62 bits per heavy atom. The van der Waals surface area contributed by atoms with Gasteiger partial charge in [0.25, 0.3) is 0 Å². The Morgan fingerprint density at radius 2 is 2.10 bits per heavy atom. The molecule has 1 aromatic rings. The highest BCUT2D eigenvalue weighted by Gasteiger charge is 2.21. The summed E-state index contributed by atoms with van der Waals surface area (Å²) in [5.41, 5.74) is -0.726. The van der Waals surface area contributed by atoms with Crippen LogP contribution in [0.4, 0.5) is 5.69 Å². The highest BCUT2D eigenvalue weighted by atomic mass is 32.2. The van der Waals surface area contributed by atoms with Gasteiger partial charge in [0.2, 0.25) is 10.0 Å². The molecule has 0 saturated heterocycles. The molecule has 0 aliphatic heterocycles. The van der Waals surface area contributed by atoms with Gasteiger partial charge in [-0.15, -0.1) is 0 Å². The van der Waals surface area contributed by atoms with Crippen LogP contribution in [0.2, 0.25) is 0 Å². The summed E-state index contributed by atoms with van der Waals surface area (Å²) in [6.07, 6.45) is -0.210. The van der Waals surface area contributed by atoms with Gasteiger partial charge in [-0.05, 0) is 18.1 Å². The number of carbonyl (C=O) groups is 1. The molecule has 21 heavy (non-hydrogen) atoms. The van der Waals surface area contributed by atoms with Crippen LogP contribution in [0.5, 0.6) is 5.75 Å². The molecule has 0 heterocycles. The Labute approximate surface area is 120 Å². The van der Waals surface area contributed by atoms with Gasteiger partial charge in [-0.3, -0.25) is 14.9 Å². The van der Waals surface area contributed by atoms with E-state index in [1.807, 2.05) is 0 Å². The minimum atomic E-state index is -4.02. The summed E-state index contributed by atoms with van der Waals surface area (Å²) in [6, 6.07) is 2.67. The summed E-state index contributed by atoms with van der Waals surface area (Å²) in [4.78, 5) is 19.9. The van der Waals surface area contributed by atoms with Crippen LogP contribution in [0.1, 0.15) is 13.3 Å². The Hall–Kier alpha value is -2.20. The number of hydrogen-bond donors (Lipinski definition) is 3. The number of nitrogens with one attached hydrogen (secondary N) is 1. The maximum absolute atomic E-state index is 11.9. The molecule has 116 valence electrons. The molecule has 0 saturated carbocycles. The molecule has 0 radical (unpaired) electrons. The zero-order valence-corrected chi connectivity index (χ0v) is 11.8. The largest absolute Gasteiger partial charge is 0.502 e. The number of benzene rings is 1. The molecule has 0 spiro atoms. The van der Waals surface area contributed by atoms with Gasteiger partial charge < -0.3 is 10.2 Å². The van der Waals surface area contributed by atoms with Crippen LogP contribution in [0.15, 0.2) is 23.1 Å². The van der Waals surface area contributed by atoms with Crippen LogP contribution in [-0.4, -0.2) is 36.1 Å². The Kier molecular flexibility index (Phi) is 5.22. The molecule has 9 nitrogen and oxygen atoms in total. The van der Waals surface area contributed by atoms with E-state index in [0.717, 1.165) is 18.2 Å². The van der Waals surface area contributed by atoms with Crippen LogP contribution in [0, 0.1) is 16.0 Å². The van der Waals surface area contributed by atoms with Crippen molar-refractivity contribution in [3.05, 3.63) is 28.3 Å². The molecule has 1 unspecified atom stereocenters. The van der Waals surface area contributed by atoms with E-state index in [4.69, 9.17) is 5.11 Å². The molecule has 0 amide bonds. The number of carboxylic acid groups (broad SMARTS) is 1. The molecule has 1 atom stereocenters. The first kappa shape index (κ1) is 16.9. The quantitative estimate of drug-likeness (QED) is 0.495. The van der Waals surface area contributed by atoms with E-state index in [0.29, 0.717) is 0 Å². The van der Waals surface area contributed by atoms with E-state index in [9.17, 15) is 28.4 Å². The third kappa shape index (κ3) is 4.68. The fourth-order valence-electron chi connectivity index (χ4n) is 1.52. The van der Waals surface area contributed by atoms with Crippen LogP contribution >= 0.6 is 0 Å². The van der Waals surface area contributed by atoms with Gasteiger partial charge in [-0.1, -0.05) is 6.92 Å². The first-order valence-electron chi connectivity index (χ1n) is 5.82. The van der Waals surface area contributed by atoms with Gasteiger partial charge in [0, 0.05) is 19.0 Å². The summed E-state index contributed by atoms with van der Waals surface area (Å²) >= 11 is 0. The Bertz CT molecular complexity index is 657. The van der Waals surface area contributed by atoms with Crippen molar-refractivity contribution in [3.8, 4) is 5.75 Å². The van der Waals surface area contributed by atoms with Crippen LogP contribution in [0.25, 0.3) is 0 Å². The number of aromatic hydroxyl groups is 1. The molecule has 3 N–H and O–H groups in total. The van der Waals surface area contributed by atoms with Gasteiger partial charge >= 0.3 is 11.7 Å². The fourth-order valence-corrected chi connectivity index (χ4v) is 2.71. The number of phenolic OH excluding ortho intramolecular Hbond substituents is 1. The molecule has 0 bridgehead atoms. The van der Waals surface area contributed by atoms with Gasteiger partial charge in [0.1, 0.15) is 0 Å². The maximum atomic E-state index is 11.9. The lowest BCUT2D eigenvalue weighted by Crippen LogP contribution is -2.29. The number of aliphatic carboxylic acids is 1. The second-order valence-corrected chi connectivity index (χ2v) is 6.23. The van der Waals surface area contributed by atoms with Crippen molar-refractivity contribution >= 4 is 21.7 Å². The van der Waals surface area contributed by atoms with E-state index >= 15 is 0 Å². The minimum absolute atomic E-state index is 0.122. The summed E-state index contributed by atoms with van der Waals surface area (Å²) < 4.78 is 26.1. The minimum Gasteiger partial charge on any atom is -0.502 e. The number of nitro benzene ring substituents is 1. The summed E-state index contributed by atoms with van der Waals surface area (Å²) in [6.45, 7) is 1.43. The molecular weight excluding hydrogens is 304 g/mol. The summed E-state index contributed by atoms with van der Waals surface area (Å²) in [5.74, 6) is -2.13. The van der Waals surface area contributed by atoms with Gasteiger partial charge in [-0.2, -0.15) is 0 Å². The molecule has 1 aromatic carbocycles. The van der Waals surface area contributed by atoms with Crippen LogP contribution in [-0.2, 0) is 14.8 Å². The lowest BCUT2D eigenvalue weighted by atomic mass is 10.1. The van der Waals surface area contributed by atoms with E-state index in [1.54, 1.807) is 6.92 Å². The first-order chi connectivity index (χ1) is 9.63. The second kappa shape index (κ2) is 6.50. The fraction of sp³-hybridized carbons (Fsp3) is 0.364. The van der Waals surface area contributed by atoms with Crippen molar-refractivity contribution in [2.45, 2.75) is 18.2 Å². The third-order valence-electron chi connectivity index (χ3n) is 2.60. The Morgan fingerprint density at radius 1 is 1.48 bits per heavy atom. The lowest BCUT2D eigenvalue weighted by molar-refractivity contribution is -0.386. The zero-order chi connectivity index (χ0) is 16.2.